The van der Waals surface area contributed by atoms with Crippen LogP contribution in [0.2, 0.25) is 0 Å². The quantitative estimate of drug-likeness (QED) is 0.597. The first-order chi connectivity index (χ1) is 11.7. The number of nitrogens with one attached hydrogen (secondary N) is 2. The van der Waals surface area contributed by atoms with Gasteiger partial charge in [-0.05, 0) is 24.8 Å². The summed E-state index contributed by atoms with van der Waals surface area (Å²) in [7, 11) is 1.73. The van der Waals surface area contributed by atoms with Crippen LogP contribution in [-0.4, -0.2) is 29.8 Å². The van der Waals surface area contributed by atoms with Gasteiger partial charge in [-0.3, -0.25) is 4.99 Å². The highest BCUT2D eigenvalue weighted by Crippen LogP contribution is 2.30. The molecule has 3 rings (SSSR count). The monoisotopic (exact) mass is 329 g/mol. The second kappa shape index (κ2) is 7.81. The maximum Gasteiger partial charge on any atom is 0.223 e. The summed E-state index contributed by atoms with van der Waals surface area (Å²) in [5.74, 6) is 3.49. The third-order valence-corrected chi connectivity index (χ3v) is 3.80. The molecule has 1 heterocycles. The number of rotatable bonds is 7. The van der Waals surface area contributed by atoms with E-state index in [0.29, 0.717) is 30.8 Å². The van der Waals surface area contributed by atoms with Crippen LogP contribution in [0.25, 0.3) is 0 Å². The van der Waals surface area contributed by atoms with Crippen LogP contribution in [0, 0.1) is 12.8 Å². The molecule has 0 amide bonds. The summed E-state index contributed by atoms with van der Waals surface area (Å²) in [4.78, 5) is 8.36. The van der Waals surface area contributed by atoms with E-state index >= 15 is 0 Å². The maximum atomic E-state index is 5.93. The summed E-state index contributed by atoms with van der Waals surface area (Å²) >= 11 is 0. The molecule has 2 N–H and O–H groups in total. The van der Waals surface area contributed by atoms with E-state index in [9.17, 15) is 0 Å². The van der Waals surface area contributed by atoms with Crippen molar-refractivity contribution in [1.29, 1.82) is 0 Å². The van der Waals surface area contributed by atoms with E-state index in [1.807, 2.05) is 18.2 Å². The summed E-state index contributed by atoms with van der Waals surface area (Å²) in [5.41, 5.74) is 1.11. The Morgan fingerprint density at radius 2 is 2.08 bits per heavy atom. The Labute approximate surface area is 141 Å². The molecule has 0 atom stereocenters. The lowest BCUT2D eigenvalue weighted by molar-refractivity contribution is 0.296. The van der Waals surface area contributed by atoms with Gasteiger partial charge in [0.2, 0.25) is 5.89 Å². The lowest BCUT2D eigenvalue weighted by atomic mass is 10.2. The van der Waals surface area contributed by atoms with Gasteiger partial charge in [0, 0.05) is 26.1 Å². The van der Waals surface area contributed by atoms with Crippen LogP contribution in [0.4, 0.5) is 0 Å². The van der Waals surface area contributed by atoms with Gasteiger partial charge in [0.15, 0.2) is 11.8 Å². The minimum atomic E-state index is 0.455. The minimum Gasteiger partial charge on any atom is -0.493 e. The molecule has 1 saturated carbocycles. The van der Waals surface area contributed by atoms with E-state index in [4.69, 9.17) is 9.26 Å². The topological polar surface area (TPSA) is 84.6 Å². The predicted molar refractivity (Wildman–Crippen MR) is 90.7 cm³/mol. The van der Waals surface area contributed by atoms with Gasteiger partial charge in [-0.1, -0.05) is 23.4 Å². The number of guanidine groups is 1. The standard InChI is InChI=1S/C17H23N5O2/c1-12-21-16(22-24-12)10-20-17(18-2)19-9-14-5-3-4-6-15(14)23-11-13-7-8-13/h3-6,13H,7-11H2,1-2H3,(H2,18,19,20). The second-order valence-electron chi connectivity index (χ2n) is 5.87. The lowest BCUT2D eigenvalue weighted by Crippen LogP contribution is -2.36. The molecule has 0 unspecified atom stereocenters. The van der Waals surface area contributed by atoms with Crippen LogP contribution in [-0.2, 0) is 13.1 Å². The molecule has 0 saturated heterocycles. The fraction of sp³-hybridized carbons (Fsp3) is 0.471. The summed E-state index contributed by atoms with van der Waals surface area (Å²) in [6, 6.07) is 8.08. The molecule has 24 heavy (non-hydrogen) atoms. The van der Waals surface area contributed by atoms with Crippen molar-refractivity contribution in [3.63, 3.8) is 0 Å². The Bertz CT molecular complexity index is 694. The highest BCUT2D eigenvalue weighted by molar-refractivity contribution is 5.79. The van der Waals surface area contributed by atoms with Gasteiger partial charge in [0.05, 0.1) is 13.2 Å². The fourth-order valence-corrected chi connectivity index (χ4v) is 2.26. The lowest BCUT2D eigenvalue weighted by Gasteiger charge is -2.14. The Balaban J connectivity index is 1.51. The Morgan fingerprint density at radius 1 is 1.29 bits per heavy atom. The van der Waals surface area contributed by atoms with Crippen LogP contribution in [0.3, 0.4) is 0 Å². The molecule has 1 aromatic heterocycles. The Morgan fingerprint density at radius 3 is 2.79 bits per heavy atom. The summed E-state index contributed by atoms with van der Waals surface area (Å²) in [6.07, 6.45) is 2.57. The zero-order valence-electron chi connectivity index (χ0n) is 14.1. The molecule has 1 aromatic carbocycles. The van der Waals surface area contributed by atoms with Crippen molar-refractivity contribution in [3.05, 3.63) is 41.5 Å². The van der Waals surface area contributed by atoms with Crippen LogP contribution in [0.5, 0.6) is 5.75 Å². The number of ether oxygens (including phenoxy) is 1. The van der Waals surface area contributed by atoms with Gasteiger partial charge in [-0.25, -0.2) is 0 Å². The van der Waals surface area contributed by atoms with Crippen molar-refractivity contribution in [2.45, 2.75) is 32.9 Å². The molecule has 128 valence electrons. The van der Waals surface area contributed by atoms with Crippen LogP contribution in [0.1, 0.15) is 30.1 Å². The van der Waals surface area contributed by atoms with Crippen molar-refractivity contribution in [2.24, 2.45) is 10.9 Å². The molecule has 0 aliphatic heterocycles. The summed E-state index contributed by atoms with van der Waals surface area (Å²) in [5, 5.41) is 10.3. The van der Waals surface area contributed by atoms with Gasteiger partial charge in [-0.15, -0.1) is 0 Å². The number of para-hydroxylation sites is 1. The average molecular weight is 329 g/mol. The number of hydrogen-bond acceptors (Lipinski definition) is 5. The number of aliphatic imine (C=N–C) groups is 1. The van der Waals surface area contributed by atoms with Crippen molar-refractivity contribution >= 4 is 5.96 Å². The predicted octanol–water partition coefficient (Wildman–Crippen LogP) is 2.03. The molecule has 0 spiro atoms. The SMILES string of the molecule is CN=C(NCc1noc(C)n1)NCc1ccccc1OCC1CC1. The van der Waals surface area contributed by atoms with Crippen molar-refractivity contribution < 1.29 is 9.26 Å². The van der Waals surface area contributed by atoms with E-state index in [2.05, 4.69) is 31.8 Å². The van der Waals surface area contributed by atoms with Gasteiger partial charge in [0.1, 0.15) is 5.75 Å². The first-order valence-corrected chi connectivity index (χ1v) is 8.19. The molecule has 2 aromatic rings. The minimum absolute atomic E-state index is 0.455. The van der Waals surface area contributed by atoms with E-state index in [-0.39, 0.29) is 0 Å². The number of benzene rings is 1. The van der Waals surface area contributed by atoms with E-state index in [0.717, 1.165) is 23.8 Å². The zero-order chi connectivity index (χ0) is 16.8. The van der Waals surface area contributed by atoms with Crippen LogP contribution < -0.4 is 15.4 Å². The molecule has 1 aliphatic rings. The van der Waals surface area contributed by atoms with Crippen LogP contribution in [0.15, 0.2) is 33.8 Å². The van der Waals surface area contributed by atoms with Gasteiger partial charge < -0.3 is 19.9 Å². The molecular weight excluding hydrogens is 306 g/mol. The number of nitrogens with zero attached hydrogens (tertiary/aromatic N) is 3. The van der Waals surface area contributed by atoms with E-state index < -0.39 is 0 Å². The largest absolute Gasteiger partial charge is 0.493 e. The number of hydrogen-bond donors (Lipinski definition) is 2. The molecule has 1 fully saturated rings. The Kier molecular flexibility index (Phi) is 5.30. The molecule has 0 bridgehead atoms. The first kappa shape index (κ1) is 16.3. The highest BCUT2D eigenvalue weighted by atomic mass is 16.5. The number of aromatic nitrogens is 2. The molecule has 1 aliphatic carbocycles. The van der Waals surface area contributed by atoms with E-state index in [1.165, 1.54) is 12.8 Å². The zero-order valence-corrected chi connectivity index (χ0v) is 14.1. The molecular formula is C17H23N5O2. The molecule has 7 heteroatoms. The smallest absolute Gasteiger partial charge is 0.223 e. The van der Waals surface area contributed by atoms with Crippen molar-refractivity contribution in [1.82, 2.24) is 20.8 Å². The fourth-order valence-electron chi connectivity index (χ4n) is 2.26. The van der Waals surface area contributed by atoms with Crippen molar-refractivity contribution in [2.75, 3.05) is 13.7 Å². The maximum absolute atomic E-state index is 5.93. The third-order valence-electron chi connectivity index (χ3n) is 3.80. The van der Waals surface area contributed by atoms with Crippen molar-refractivity contribution in [3.8, 4) is 5.75 Å². The Hall–Kier alpha value is -2.57. The van der Waals surface area contributed by atoms with Gasteiger partial charge in [-0.2, -0.15) is 4.98 Å². The molecule has 0 radical (unpaired) electrons. The highest BCUT2D eigenvalue weighted by Gasteiger charge is 2.22. The average Bonchev–Trinajstić information content (AvgIpc) is 3.34. The van der Waals surface area contributed by atoms with Gasteiger partial charge in [0.25, 0.3) is 0 Å². The first-order valence-electron chi connectivity index (χ1n) is 8.19. The summed E-state index contributed by atoms with van der Waals surface area (Å²) < 4.78 is 10.9. The van der Waals surface area contributed by atoms with Gasteiger partial charge >= 0.3 is 0 Å². The van der Waals surface area contributed by atoms with Crippen LogP contribution >= 0.6 is 0 Å². The second-order valence-corrected chi connectivity index (χ2v) is 5.87. The third kappa shape index (κ3) is 4.71. The van der Waals surface area contributed by atoms with E-state index in [1.54, 1.807) is 14.0 Å². The number of aryl methyl sites for hydroxylation is 1. The normalized spacial score (nSPS) is 14.5. The summed E-state index contributed by atoms with van der Waals surface area (Å²) in [6.45, 7) is 3.66. The molecule has 7 nitrogen and oxygen atoms in total.